The van der Waals surface area contributed by atoms with Gasteiger partial charge in [0.25, 0.3) is 0 Å². The number of hydrogen-bond donors (Lipinski definition) is 2. The van der Waals surface area contributed by atoms with Crippen LogP contribution in [0.25, 0.3) is 0 Å². The van der Waals surface area contributed by atoms with Gasteiger partial charge >= 0.3 is 7.82 Å². The maximum Gasteiger partial charge on any atom is 0.469 e. The van der Waals surface area contributed by atoms with E-state index in [1.807, 2.05) is 19.0 Å². The van der Waals surface area contributed by atoms with E-state index < -0.39 is 15.7 Å². The third-order valence-corrected chi connectivity index (χ3v) is 7.26. The van der Waals surface area contributed by atoms with Crippen molar-refractivity contribution in [3.8, 4) is 0 Å². The molecule has 2 N–H and O–H groups in total. The highest BCUT2D eigenvalue weighted by atomic mass is 31.2. The van der Waals surface area contributed by atoms with Gasteiger partial charge in [-0.15, -0.1) is 0 Å². The van der Waals surface area contributed by atoms with Crippen molar-refractivity contribution in [3.05, 3.63) is 91.0 Å². The summed E-state index contributed by atoms with van der Waals surface area (Å²) in [5, 5.41) is 4.19. The van der Waals surface area contributed by atoms with E-state index in [-0.39, 0.29) is 6.61 Å². The Morgan fingerprint density at radius 3 is 1.45 bits per heavy atom. The van der Waals surface area contributed by atoms with E-state index in [1.165, 1.54) is 15.9 Å². The number of phosphoric ester groups is 1. The Kier molecular flexibility index (Phi) is 11.1. The van der Waals surface area contributed by atoms with E-state index in [0.29, 0.717) is 6.42 Å². The largest absolute Gasteiger partial charge is 0.469 e. The third-order valence-electron chi connectivity index (χ3n) is 4.30. The Labute approximate surface area is 186 Å². The van der Waals surface area contributed by atoms with E-state index >= 15 is 0 Å². The molecule has 0 fully saturated rings. The molecule has 0 heterocycles. The van der Waals surface area contributed by atoms with Crippen LogP contribution in [0.5, 0.6) is 0 Å². The first kappa shape index (κ1) is 25.4. The Bertz CT molecular complexity index is 809. The normalized spacial score (nSPS) is 11.3. The summed E-state index contributed by atoms with van der Waals surface area (Å²) in [6.45, 7) is 1.03. The molecule has 5 nitrogen and oxygen atoms in total. The molecule has 0 aromatic heterocycles. The molecule has 0 spiro atoms. The van der Waals surface area contributed by atoms with Gasteiger partial charge in [0.15, 0.2) is 0 Å². The molecule has 166 valence electrons. The first-order valence-electron chi connectivity index (χ1n) is 10.2. The lowest BCUT2D eigenvalue weighted by molar-refractivity contribution is 0.191. The number of hydrogen-bond acceptors (Lipinski definition) is 3. The quantitative estimate of drug-likeness (QED) is 0.376. The van der Waals surface area contributed by atoms with Crippen molar-refractivity contribution < 1.29 is 18.9 Å². The summed E-state index contributed by atoms with van der Waals surface area (Å²) in [6.07, 6.45) is 1.55. The molecule has 0 aliphatic heterocycles. The zero-order valence-electron chi connectivity index (χ0n) is 18.0. The van der Waals surface area contributed by atoms with Gasteiger partial charge in [-0.25, -0.2) is 4.57 Å². The molecule has 0 atom stereocenters. The van der Waals surface area contributed by atoms with Gasteiger partial charge in [-0.1, -0.05) is 91.0 Å². The predicted molar refractivity (Wildman–Crippen MR) is 131 cm³/mol. The molecule has 3 aromatic rings. The van der Waals surface area contributed by atoms with Crippen LogP contribution in [0, 0.1) is 0 Å². The lowest BCUT2D eigenvalue weighted by Gasteiger charge is -2.18. The molecule has 31 heavy (non-hydrogen) atoms. The number of rotatable bonds is 9. The van der Waals surface area contributed by atoms with Crippen LogP contribution in [-0.2, 0) is 9.09 Å². The van der Waals surface area contributed by atoms with E-state index in [9.17, 15) is 4.57 Å². The second-order valence-corrected chi connectivity index (χ2v) is 10.6. The number of nitrogens with zero attached hydrogens (tertiary/aromatic N) is 1. The molecule has 0 saturated carbocycles. The standard InChI is InChI=1S/C18H15P.C6H16NO4P/c1-4-10-16(11-5-1)19(17-12-6-2-7-13-17)18-14-8-3-9-15-18;1-7(2)5-3-4-6-11-12(8,9)10/h1-15H;3-6H2,1-2H3,(H2,8,9,10). The lowest BCUT2D eigenvalue weighted by atomic mass is 10.3. The van der Waals surface area contributed by atoms with Gasteiger partial charge in [0.2, 0.25) is 0 Å². The van der Waals surface area contributed by atoms with E-state index in [1.54, 1.807) is 0 Å². The van der Waals surface area contributed by atoms with Crippen LogP contribution in [0.15, 0.2) is 91.0 Å². The highest BCUT2D eigenvalue weighted by Crippen LogP contribution is 2.35. The molecule has 0 unspecified atom stereocenters. The van der Waals surface area contributed by atoms with Crippen LogP contribution >= 0.6 is 15.7 Å². The molecule has 0 radical (unpaired) electrons. The van der Waals surface area contributed by atoms with Gasteiger partial charge in [-0.3, -0.25) is 4.52 Å². The van der Waals surface area contributed by atoms with Crippen molar-refractivity contribution in [1.29, 1.82) is 0 Å². The zero-order valence-corrected chi connectivity index (χ0v) is 19.8. The molecule has 0 aliphatic carbocycles. The Morgan fingerprint density at radius 2 is 1.13 bits per heavy atom. The average molecular weight is 459 g/mol. The summed E-state index contributed by atoms with van der Waals surface area (Å²) < 4.78 is 14.4. The van der Waals surface area contributed by atoms with Crippen molar-refractivity contribution in [2.45, 2.75) is 12.8 Å². The summed E-state index contributed by atoms with van der Waals surface area (Å²) in [5.41, 5.74) is 0. The van der Waals surface area contributed by atoms with Gasteiger partial charge in [0.05, 0.1) is 6.61 Å². The van der Waals surface area contributed by atoms with Crippen LogP contribution < -0.4 is 15.9 Å². The van der Waals surface area contributed by atoms with Gasteiger partial charge in [0.1, 0.15) is 0 Å². The number of benzene rings is 3. The molecule has 7 heteroatoms. The number of phosphoric acid groups is 1. The fourth-order valence-corrected chi connectivity index (χ4v) is 5.56. The molecule has 3 aromatic carbocycles. The summed E-state index contributed by atoms with van der Waals surface area (Å²) in [5.74, 6) is 0. The van der Waals surface area contributed by atoms with Gasteiger partial charge < -0.3 is 14.7 Å². The molecule has 0 amide bonds. The maximum absolute atomic E-state index is 10.2. The van der Waals surface area contributed by atoms with Crippen molar-refractivity contribution in [2.24, 2.45) is 0 Å². The van der Waals surface area contributed by atoms with Crippen molar-refractivity contribution in [1.82, 2.24) is 4.90 Å². The minimum atomic E-state index is -4.24. The predicted octanol–water partition coefficient (Wildman–Crippen LogP) is 3.88. The highest BCUT2D eigenvalue weighted by Gasteiger charge is 2.15. The molecule has 3 rings (SSSR count). The van der Waals surface area contributed by atoms with Crippen LogP contribution in [-0.4, -0.2) is 41.9 Å². The van der Waals surface area contributed by atoms with Crippen molar-refractivity contribution in [2.75, 3.05) is 27.2 Å². The second kappa shape index (κ2) is 13.5. The fourth-order valence-electron chi connectivity index (χ4n) is 2.89. The third kappa shape index (κ3) is 10.3. The minimum absolute atomic E-state index is 0.123. The molecular formula is C24H31NO4P2. The molecule has 0 bridgehead atoms. The SMILES string of the molecule is CN(C)CCCCOP(=O)(O)O.c1ccc(P(c2ccccc2)c2ccccc2)cc1. The summed E-state index contributed by atoms with van der Waals surface area (Å²) >= 11 is 0. The van der Waals surface area contributed by atoms with Crippen LogP contribution in [0.1, 0.15) is 12.8 Å². The first-order chi connectivity index (χ1) is 14.9. The van der Waals surface area contributed by atoms with Crippen LogP contribution in [0.4, 0.5) is 0 Å². The second-order valence-electron chi connectivity index (χ2n) is 7.18. The topological polar surface area (TPSA) is 70.0 Å². The molecule has 0 aliphatic rings. The molecular weight excluding hydrogens is 428 g/mol. The summed E-state index contributed by atoms with van der Waals surface area (Å²) in [4.78, 5) is 18.6. The van der Waals surface area contributed by atoms with Crippen LogP contribution in [0.3, 0.4) is 0 Å². The molecule has 0 saturated heterocycles. The Hall–Kier alpha value is -1.84. The minimum Gasteiger partial charge on any atom is -0.309 e. The zero-order chi connectivity index (χ0) is 22.5. The average Bonchev–Trinajstić information content (AvgIpc) is 2.75. The van der Waals surface area contributed by atoms with E-state index in [0.717, 1.165) is 13.0 Å². The van der Waals surface area contributed by atoms with Gasteiger partial charge in [-0.2, -0.15) is 0 Å². The summed E-state index contributed by atoms with van der Waals surface area (Å²) in [7, 11) is -0.793. The Morgan fingerprint density at radius 1 is 0.742 bits per heavy atom. The van der Waals surface area contributed by atoms with Crippen molar-refractivity contribution >= 4 is 31.7 Å². The van der Waals surface area contributed by atoms with Gasteiger partial charge in [-0.05, 0) is 57.3 Å². The lowest BCUT2D eigenvalue weighted by Crippen LogP contribution is -2.20. The van der Waals surface area contributed by atoms with Crippen molar-refractivity contribution in [3.63, 3.8) is 0 Å². The highest BCUT2D eigenvalue weighted by molar-refractivity contribution is 7.79. The van der Waals surface area contributed by atoms with E-state index in [2.05, 4.69) is 95.5 Å². The first-order valence-corrected chi connectivity index (χ1v) is 13.0. The van der Waals surface area contributed by atoms with E-state index in [4.69, 9.17) is 9.79 Å². The van der Waals surface area contributed by atoms with Gasteiger partial charge in [0, 0.05) is 0 Å². The number of unbranched alkanes of at least 4 members (excludes halogenated alkanes) is 1. The monoisotopic (exact) mass is 459 g/mol. The fraction of sp³-hybridized carbons (Fsp3) is 0.250. The smallest absolute Gasteiger partial charge is 0.309 e. The Balaban J connectivity index is 0.000000248. The van der Waals surface area contributed by atoms with Crippen LogP contribution in [0.2, 0.25) is 0 Å². The summed E-state index contributed by atoms with van der Waals surface area (Å²) in [6, 6.07) is 32.3. The maximum atomic E-state index is 10.2.